The average Bonchev–Trinajstić information content (AvgIpc) is 3.06. The number of nitrogens with two attached hydrogens (primary N) is 1. The minimum absolute atomic E-state index is 0.0986. The van der Waals surface area contributed by atoms with Crippen molar-refractivity contribution in [2.24, 2.45) is 0 Å². The zero-order valence-electron chi connectivity index (χ0n) is 25.9. The second-order valence-electron chi connectivity index (χ2n) is 11.1. The summed E-state index contributed by atoms with van der Waals surface area (Å²) in [6.07, 6.45) is 1.85. The first-order valence-electron chi connectivity index (χ1n) is 14.9. The van der Waals surface area contributed by atoms with Crippen LogP contribution in [0.1, 0.15) is 51.2 Å². The lowest BCUT2D eigenvalue weighted by atomic mass is 10.0. The van der Waals surface area contributed by atoms with Crippen LogP contribution in [-0.4, -0.2) is 50.0 Å². The monoisotopic (exact) mass is 644 g/mol. The fourth-order valence-electron chi connectivity index (χ4n) is 4.75. The number of aromatic nitrogens is 1. The molecule has 0 aliphatic rings. The topological polar surface area (TPSA) is 176 Å². The van der Waals surface area contributed by atoms with E-state index in [0.29, 0.717) is 30.0 Å². The van der Waals surface area contributed by atoms with Gasteiger partial charge in [-0.25, -0.2) is 18.1 Å². The van der Waals surface area contributed by atoms with Gasteiger partial charge < -0.3 is 26.8 Å². The first-order valence-corrected chi connectivity index (χ1v) is 16.4. The molecule has 46 heavy (non-hydrogen) atoms. The number of hydrogen-bond donors (Lipinski definition) is 6. The predicted octanol–water partition coefficient (Wildman–Crippen LogP) is 2.62. The normalized spacial score (nSPS) is 12.7. The molecule has 0 spiro atoms. The minimum Gasteiger partial charge on any atom is -0.387 e. The summed E-state index contributed by atoms with van der Waals surface area (Å²) in [6.45, 7) is 3.00. The highest BCUT2D eigenvalue weighted by atomic mass is 32.2. The van der Waals surface area contributed by atoms with Gasteiger partial charge in [0.15, 0.2) is 0 Å². The molecule has 0 saturated heterocycles. The third kappa shape index (κ3) is 10.2. The highest BCUT2D eigenvalue weighted by molar-refractivity contribution is 7.89. The quantitative estimate of drug-likeness (QED) is 0.114. The van der Waals surface area contributed by atoms with Crippen LogP contribution in [0.5, 0.6) is 0 Å². The molecular formula is C34H40N6O5S. The molecule has 12 heteroatoms. The van der Waals surface area contributed by atoms with Gasteiger partial charge in [-0.15, -0.1) is 0 Å². The summed E-state index contributed by atoms with van der Waals surface area (Å²) in [5, 5.41) is 19.5. The Kier molecular flexibility index (Phi) is 12.0. The maximum atomic E-state index is 12.7. The number of nitrogen functional groups attached to an aromatic ring is 1. The summed E-state index contributed by atoms with van der Waals surface area (Å²) in [5.41, 5.74) is 10.4. The number of carbonyl (C=O) groups is 2. The lowest BCUT2D eigenvalue weighted by Crippen LogP contribution is -2.32. The summed E-state index contributed by atoms with van der Waals surface area (Å²) in [6, 6.07) is 24.7. The molecule has 4 aromatic rings. The van der Waals surface area contributed by atoms with E-state index in [2.05, 4.69) is 25.7 Å². The Bertz CT molecular complexity index is 1710. The lowest BCUT2D eigenvalue weighted by Gasteiger charge is -2.18. The van der Waals surface area contributed by atoms with Crippen molar-refractivity contribution in [2.75, 3.05) is 19.3 Å². The van der Waals surface area contributed by atoms with E-state index in [1.807, 2.05) is 31.2 Å². The Morgan fingerprint density at radius 1 is 0.870 bits per heavy atom. The molecule has 7 N–H and O–H groups in total. The molecule has 242 valence electrons. The molecule has 2 amide bonds. The first kappa shape index (κ1) is 34.3. The Labute approximate surface area is 269 Å². The van der Waals surface area contributed by atoms with Gasteiger partial charge in [0.25, 0.3) is 5.91 Å². The highest BCUT2D eigenvalue weighted by Gasteiger charge is 2.13. The number of rotatable bonds is 15. The molecule has 0 bridgehead atoms. The molecule has 4 rings (SSSR count). The average molecular weight is 645 g/mol. The van der Waals surface area contributed by atoms with Crippen molar-refractivity contribution in [1.29, 1.82) is 0 Å². The summed E-state index contributed by atoms with van der Waals surface area (Å²) in [5.74, 6) is 0.0353. The van der Waals surface area contributed by atoms with E-state index in [0.717, 1.165) is 28.7 Å². The molecule has 3 aromatic carbocycles. The molecule has 0 unspecified atom stereocenters. The van der Waals surface area contributed by atoms with Gasteiger partial charge in [-0.3, -0.25) is 9.59 Å². The number of pyridine rings is 1. The molecule has 0 aliphatic heterocycles. The predicted molar refractivity (Wildman–Crippen MR) is 177 cm³/mol. The van der Waals surface area contributed by atoms with Crippen LogP contribution in [0, 0.1) is 0 Å². The number of amides is 2. The fourth-order valence-corrected chi connectivity index (χ4v) is 5.48. The van der Waals surface area contributed by atoms with Crippen molar-refractivity contribution in [3.05, 3.63) is 125 Å². The number of aliphatic hydroxyl groups is 1. The van der Waals surface area contributed by atoms with Gasteiger partial charge in [-0.05, 0) is 73.0 Å². The number of nitrogens with zero attached hydrogens (tertiary/aromatic N) is 1. The number of sulfonamides is 1. The molecule has 2 atom stereocenters. The Morgan fingerprint density at radius 2 is 1.52 bits per heavy atom. The molecule has 0 radical (unpaired) electrons. The van der Waals surface area contributed by atoms with Crippen molar-refractivity contribution >= 4 is 27.7 Å². The first-order chi connectivity index (χ1) is 22.0. The lowest BCUT2D eigenvalue weighted by molar-refractivity contribution is -0.120. The number of benzene rings is 3. The van der Waals surface area contributed by atoms with Crippen LogP contribution >= 0.6 is 0 Å². The Morgan fingerprint density at radius 3 is 2.17 bits per heavy atom. The zero-order chi connectivity index (χ0) is 33.1. The highest BCUT2D eigenvalue weighted by Crippen LogP contribution is 2.14. The van der Waals surface area contributed by atoms with E-state index in [-0.39, 0.29) is 35.7 Å². The molecule has 1 heterocycles. The van der Waals surface area contributed by atoms with Crippen molar-refractivity contribution in [3.8, 4) is 0 Å². The van der Waals surface area contributed by atoms with Crippen molar-refractivity contribution < 1.29 is 23.1 Å². The van der Waals surface area contributed by atoms with Crippen LogP contribution in [0.25, 0.3) is 0 Å². The SMILES string of the molecule is CNS(=O)(=O)c1ccc(CNC(=O)c2ccc(CNC(=O)Cc3cccc(C[C@@H](C)NC[C@@H](O)c4ccc(N)nc4)c3)cc2)cc1. The standard InChI is InChI=1S/C34H40N6O5S/c1-23(37-22-31(41)29-12-15-32(35)38-21-29)16-26-4-3-5-27(17-26)18-33(42)39-19-24-6-10-28(11-7-24)34(43)40-20-25-8-13-30(14-9-25)46(44,45)36-2/h3-15,17,21,23,31,36-37,41H,16,18-20,22H2,1-2H3,(H2,35,38)(H,39,42)(H,40,43)/t23-,31-/m1/s1. The second-order valence-corrected chi connectivity index (χ2v) is 12.9. The van der Waals surface area contributed by atoms with Gasteiger partial charge in [0.05, 0.1) is 17.4 Å². The van der Waals surface area contributed by atoms with E-state index in [9.17, 15) is 23.1 Å². The molecule has 0 aliphatic carbocycles. The molecule has 0 fully saturated rings. The Balaban J connectivity index is 1.19. The smallest absolute Gasteiger partial charge is 0.251 e. The summed E-state index contributed by atoms with van der Waals surface area (Å²) in [7, 11) is -2.16. The van der Waals surface area contributed by atoms with Gasteiger partial charge in [-0.2, -0.15) is 0 Å². The third-order valence-corrected chi connectivity index (χ3v) is 8.84. The molecule has 1 aromatic heterocycles. The zero-order valence-corrected chi connectivity index (χ0v) is 26.7. The molecule has 11 nitrogen and oxygen atoms in total. The maximum Gasteiger partial charge on any atom is 0.251 e. The van der Waals surface area contributed by atoms with Crippen LogP contribution in [0.4, 0.5) is 5.82 Å². The van der Waals surface area contributed by atoms with Gasteiger partial charge in [0.1, 0.15) is 5.82 Å². The second kappa shape index (κ2) is 16.1. The van der Waals surface area contributed by atoms with Gasteiger partial charge in [-0.1, -0.05) is 54.6 Å². The van der Waals surface area contributed by atoms with E-state index >= 15 is 0 Å². The summed E-state index contributed by atoms with van der Waals surface area (Å²) < 4.78 is 26.0. The largest absolute Gasteiger partial charge is 0.387 e. The van der Waals surface area contributed by atoms with Crippen molar-refractivity contribution in [1.82, 2.24) is 25.7 Å². The summed E-state index contributed by atoms with van der Waals surface area (Å²) in [4.78, 5) is 29.4. The van der Waals surface area contributed by atoms with Crippen LogP contribution in [0.3, 0.4) is 0 Å². The number of nitrogens with one attached hydrogen (secondary N) is 4. The van der Waals surface area contributed by atoms with E-state index in [1.165, 1.54) is 19.2 Å². The van der Waals surface area contributed by atoms with Crippen LogP contribution < -0.4 is 26.4 Å². The van der Waals surface area contributed by atoms with Crippen LogP contribution in [0.15, 0.2) is 96.0 Å². The number of aliphatic hydroxyl groups excluding tert-OH is 1. The molecular weight excluding hydrogens is 604 g/mol. The third-order valence-electron chi connectivity index (χ3n) is 7.41. The summed E-state index contributed by atoms with van der Waals surface area (Å²) >= 11 is 0. The van der Waals surface area contributed by atoms with Crippen molar-refractivity contribution in [2.45, 2.75) is 49.9 Å². The maximum absolute atomic E-state index is 12.7. The Hall–Kier alpha value is -4.62. The number of hydrogen-bond acceptors (Lipinski definition) is 8. The van der Waals surface area contributed by atoms with E-state index in [1.54, 1.807) is 54.7 Å². The van der Waals surface area contributed by atoms with Gasteiger partial charge >= 0.3 is 0 Å². The fraction of sp³-hybridized carbons (Fsp3) is 0.265. The van der Waals surface area contributed by atoms with Crippen LogP contribution in [-0.2, 0) is 40.7 Å². The minimum atomic E-state index is -3.51. The van der Waals surface area contributed by atoms with Gasteiger partial charge in [0.2, 0.25) is 15.9 Å². The number of carbonyl (C=O) groups excluding carboxylic acids is 2. The van der Waals surface area contributed by atoms with E-state index in [4.69, 9.17) is 5.73 Å². The van der Waals surface area contributed by atoms with Crippen molar-refractivity contribution in [3.63, 3.8) is 0 Å². The van der Waals surface area contributed by atoms with E-state index < -0.39 is 16.1 Å². The van der Waals surface area contributed by atoms with Gasteiger partial charge in [0, 0.05) is 43.0 Å². The number of anilines is 1. The van der Waals surface area contributed by atoms with Crippen LogP contribution in [0.2, 0.25) is 0 Å². The molecule has 0 saturated carbocycles.